The van der Waals surface area contributed by atoms with Crippen molar-refractivity contribution in [2.45, 2.75) is 32.4 Å². The molecular formula is C18H23BrN2O. The zero-order valence-corrected chi connectivity index (χ0v) is 14.6. The van der Waals surface area contributed by atoms with Gasteiger partial charge in [0, 0.05) is 22.6 Å². The topological polar surface area (TPSA) is 28.4 Å². The van der Waals surface area contributed by atoms with Crippen molar-refractivity contribution in [3.63, 3.8) is 0 Å². The minimum absolute atomic E-state index is 0.686. The van der Waals surface area contributed by atoms with Crippen molar-refractivity contribution in [2.24, 2.45) is 0 Å². The summed E-state index contributed by atoms with van der Waals surface area (Å²) in [6, 6.07) is 13.0. The van der Waals surface area contributed by atoms with E-state index in [4.69, 9.17) is 4.42 Å². The Hall–Kier alpha value is -1.10. The first kappa shape index (κ1) is 15.8. The molecule has 1 N–H and O–H groups in total. The minimum Gasteiger partial charge on any atom is -0.460 e. The van der Waals surface area contributed by atoms with Crippen molar-refractivity contribution in [3.05, 3.63) is 46.6 Å². The number of benzene rings is 1. The quantitative estimate of drug-likeness (QED) is 0.830. The fourth-order valence-corrected chi connectivity index (χ4v) is 3.41. The molecular weight excluding hydrogens is 340 g/mol. The van der Waals surface area contributed by atoms with Crippen LogP contribution in [0, 0.1) is 0 Å². The van der Waals surface area contributed by atoms with Gasteiger partial charge in [0.1, 0.15) is 11.5 Å². The Morgan fingerprint density at radius 2 is 2.05 bits per heavy atom. The Morgan fingerprint density at radius 1 is 1.23 bits per heavy atom. The zero-order chi connectivity index (χ0) is 15.4. The highest BCUT2D eigenvalue weighted by atomic mass is 79.9. The number of hydrogen-bond donors (Lipinski definition) is 1. The molecule has 0 spiro atoms. The maximum Gasteiger partial charge on any atom is 0.134 e. The van der Waals surface area contributed by atoms with Crippen LogP contribution in [0.2, 0.25) is 0 Å². The van der Waals surface area contributed by atoms with Crippen molar-refractivity contribution >= 4 is 15.9 Å². The maximum atomic E-state index is 5.94. The summed E-state index contributed by atoms with van der Waals surface area (Å²) >= 11 is 3.46. The van der Waals surface area contributed by atoms with E-state index in [1.54, 1.807) is 0 Å². The normalized spacial score (nSPS) is 18.9. The minimum atomic E-state index is 0.686. The van der Waals surface area contributed by atoms with E-state index in [9.17, 15) is 0 Å². The number of nitrogens with one attached hydrogen (secondary N) is 1. The van der Waals surface area contributed by atoms with Gasteiger partial charge in [0.25, 0.3) is 0 Å². The molecule has 2 heterocycles. The summed E-state index contributed by atoms with van der Waals surface area (Å²) in [6.45, 7) is 6.49. The first-order chi connectivity index (χ1) is 10.8. The molecule has 1 aromatic heterocycles. The third-order valence-corrected chi connectivity index (χ3v) is 4.90. The molecule has 0 saturated carbocycles. The summed E-state index contributed by atoms with van der Waals surface area (Å²) in [6.07, 6.45) is 2.64. The average molecular weight is 363 g/mol. The van der Waals surface area contributed by atoms with Gasteiger partial charge in [-0.3, -0.25) is 4.90 Å². The largest absolute Gasteiger partial charge is 0.460 e. The van der Waals surface area contributed by atoms with E-state index in [1.165, 1.54) is 19.4 Å². The molecule has 0 unspecified atom stereocenters. The maximum absolute atomic E-state index is 5.94. The van der Waals surface area contributed by atoms with Crippen LogP contribution in [0.15, 0.2) is 45.3 Å². The molecule has 1 aliphatic rings. The predicted octanol–water partition coefficient (Wildman–Crippen LogP) is 4.28. The number of hydrogen-bond acceptors (Lipinski definition) is 3. The summed E-state index contributed by atoms with van der Waals surface area (Å²) in [5.41, 5.74) is 1.11. The molecule has 0 aliphatic carbocycles. The molecule has 2 aromatic rings. The fraction of sp³-hybridized carbons (Fsp3) is 0.444. The number of nitrogens with zero attached hydrogens (tertiary/aromatic N) is 1. The first-order valence-corrected chi connectivity index (χ1v) is 8.85. The van der Waals surface area contributed by atoms with Crippen molar-refractivity contribution < 1.29 is 4.42 Å². The number of likely N-dealkylation sites (N-methyl/N-ethyl adjacent to an activating group) is 1. The second-order valence-electron chi connectivity index (χ2n) is 5.83. The highest BCUT2D eigenvalue weighted by Gasteiger charge is 2.22. The molecule has 1 aromatic carbocycles. The van der Waals surface area contributed by atoms with Crippen LogP contribution < -0.4 is 5.32 Å². The van der Waals surface area contributed by atoms with E-state index in [2.05, 4.69) is 51.3 Å². The van der Waals surface area contributed by atoms with Crippen LogP contribution in [-0.4, -0.2) is 30.6 Å². The third kappa shape index (κ3) is 3.80. The van der Waals surface area contributed by atoms with Crippen molar-refractivity contribution in [2.75, 3.05) is 19.6 Å². The molecule has 4 heteroatoms. The van der Waals surface area contributed by atoms with Crippen LogP contribution in [0.3, 0.4) is 0 Å². The Balaban J connectivity index is 1.52. The molecule has 118 valence electrons. The fourth-order valence-electron chi connectivity index (χ4n) is 3.15. The molecule has 0 amide bonds. The SMILES string of the molecule is CCN1CCC[C@@H]1CNCc1ccc(-c2ccc(Br)cc2)o1. The zero-order valence-electron chi connectivity index (χ0n) is 13.0. The summed E-state index contributed by atoms with van der Waals surface area (Å²) < 4.78 is 7.02. The van der Waals surface area contributed by atoms with E-state index >= 15 is 0 Å². The molecule has 22 heavy (non-hydrogen) atoms. The average Bonchev–Trinajstić information content (AvgIpc) is 3.17. The van der Waals surface area contributed by atoms with Crippen LogP contribution in [-0.2, 0) is 6.54 Å². The van der Waals surface area contributed by atoms with Gasteiger partial charge in [-0.25, -0.2) is 0 Å². The monoisotopic (exact) mass is 362 g/mol. The lowest BCUT2D eigenvalue weighted by Gasteiger charge is -2.22. The summed E-state index contributed by atoms with van der Waals surface area (Å²) in [7, 11) is 0. The highest BCUT2D eigenvalue weighted by Crippen LogP contribution is 2.24. The van der Waals surface area contributed by atoms with Gasteiger partial charge in [-0.1, -0.05) is 35.0 Å². The van der Waals surface area contributed by atoms with Gasteiger partial charge in [-0.15, -0.1) is 0 Å². The van der Waals surface area contributed by atoms with Gasteiger partial charge in [0.15, 0.2) is 0 Å². The van der Waals surface area contributed by atoms with E-state index in [0.717, 1.165) is 41.2 Å². The van der Waals surface area contributed by atoms with Gasteiger partial charge in [-0.2, -0.15) is 0 Å². The van der Waals surface area contributed by atoms with E-state index in [0.29, 0.717) is 6.04 Å². The summed E-state index contributed by atoms with van der Waals surface area (Å²) in [4.78, 5) is 2.56. The second kappa shape index (κ2) is 7.44. The molecule has 1 atom stereocenters. The Labute approximate surface area is 140 Å². The van der Waals surface area contributed by atoms with Crippen LogP contribution in [0.4, 0.5) is 0 Å². The van der Waals surface area contributed by atoms with Crippen molar-refractivity contribution in [1.82, 2.24) is 10.2 Å². The Morgan fingerprint density at radius 3 is 2.82 bits per heavy atom. The van der Waals surface area contributed by atoms with Crippen LogP contribution in [0.1, 0.15) is 25.5 Å². The van der Waals surface area contributed by atoms with E-state index < -0.39 is 0 Å². The van der Waals surface area contributed by atoms with Gasteiger partial charge >= 0.3 is 0 Å². The van der Waals surface area contributed by atoms with Gasteiger partial charge < -0.3 is 9.73 Å². The standard InChI is InChI=1S/C18H23BrN2O/c1-2-21-11-3-4-16(21)12-20-13-17-9-10-18(22-17)14-5-7-15(19)8-6-14/h5-10,16,20H,2-4,11-13H2,1H3/t16-/m1/s1. The van der Waals surface area contributed by atoms with Crippen LogP contribution in [0.5, 0.6) is 0 Å². The lowest BCUT2D eigenvalue weighted by molar-refractivity contribution is 0.258. The molecule has 1 saturated heterocycles. The highest BCUT2D eigenvalue weighted by molar-refractivity contribution is 9.10. The van der Waals surface area contributed by atoms with E-state index in [-0.39, 0.29) is 0 Å². The number of halogens is 1. The van der Waals surface area contributed by atoms with Crippen LogP contribution >= 0.6 is 15.9 Å². The number of likely N-dealkylation sites (tertiary alicyclic amines) is 1. The molecule has 1 fully saturated rings. The Bertz CT molecular complexity index is 593. The first-order valence-electron chi connectivity index (χ1n) is 8.05. The molecule has 1 aliphatic heterocycles. The lowest BCUT2D eigenvalue weighted by Crippen LogP contribution is -2.37. The van der Waals surface area contributed by atoms with Crippen molar-refractivity contribution in [1.29, 1.82) is 0 Å². The van der Waals surface area contributed by atoms with E-state index in [1.807, 2.05) is 18.2 Å². The van der Waals surface area contributed by atoms with Crippen LogP contribution in [0.25, 0.3) is 11.3 Å². The number of rotatable bonds is 6. The molecule has 3 nitrogen and oxygen atoms in total. The smallest absolute Gasteiger partial charge is 0.134 e. The van der Waals surface area contributed by atoms with Crippen molar-refractivity contribution in [3.8, 4) is 11.3 Å². The Kier molecular flexibility index (Phi) is 5.34. The molecule has 0 bridgehead atoms. The third-order valence-electron chi connectivity index (χ3n) is 4.37. The predicted molar refractivity (Wildman–Crippen MR) is 93.8 cm³/mol. The lowest BCUT2D eigenvalue weighted by atomic mass is 10.2. The van der Waals surface area contributed by atoms with Gasteiger partial charge in [-0.05, 0) is 50.2 Å². The summed E-state index contributed by atoms with van der Waals surface area (Å²) in [5.74, 6) is 1.93. The number of furan rings is 1. The van der Waals surface area contributed by atoms with Gasteiger partial charge in [0.05, 0.1) is 6.54 Å². The molecule has 3 rings (SSSR count). The van der Waals surface area contributed by atoms with Gasteiger partial charge in [0.2, 0.25) is 0 Å². The summed E-state index contributed by atoms with van der Waals surface area (Å²) in [5, 5.41) is 3.54. The second-order valence-corrected chi connectivity index (χ2v) is 6.74. The molecule has 0 radical (unpaired) electrons.